The third kappa shape index (κ3) is 4.56. The van der Waals surface area contributed by atoms with Crippen molar-refractivity contribution in [3.05, 3.63) is 38.9 Å². The van der Waals surface area contributed by atoms with Gasteiger partial charge in [-0.3, -0.25) is 19.7 Å². The van der Waals surface area contributed by atoms with Gasteiger partial charge in [-0.1, -0.05) is 17.7 Å². The number of methoxy groups -OCH3 is 3. The van der Waals surface area contributed by atoms with E-state index >= 15 is 0 Å². The number of benzene rings is 1. The number of halogens is 1. The highest BCUT2D eigenvalue weighted by molar-refractivity contribution is 6.31. The third-order valence-corrected chi connectivity index (χ3v) is 3.59. The summed E-state index contributed by atoms with van der Waals surface area (Å²) in [5.74, 6) is -4.07. The Morgan fingerprint density at radius 1 is 1.22 bits per heavy atom. The minimum absolute atomic E-state index is 0.133. The van der Waals surface area contributed by atoms with E-state index in [0.717, 1.165) is 14.2 Å². The summed E-state index contributed by atoms with van der Waals surface area (Å²) in [5.41, 5.74) is 0.255. The maximum absolute atomic E-state index is 11.9. The predicted molar refractivity (Wildman–Crippen MR) is 80.1 cm³/mol. The molecule has 0 heterocycles. The first-order valence-corrected chi connectivity index (χ1v) is 6.84. The second-order valence-electron chi connectivity index (χ2n) is 4.53. The second kappa shape index (κ2) is 8.33. The number of esters is 2. The smallest absolute Gasteiger partial charge is 0.320 e. The maximum Gasteiger partial charge on any atom is 0.320 e. The maximum atomic E-state index is 11.9. The number of carbonyl (C=O) groups is 2. The van der Waals surface area contributed by atoms with E-state index < -0.39 is 35.2 Å². The van der Waals surface area contributed by atoms with Crippen LogP contribution in [0.2, 0.25) is 5.02 Å². The number of hydrogen-bond acceptors (Lipinski definition) is 7. The Hall–Kier alpha value is -2.35. The topological polar surface area (TPSA) is 105 Å². The Labute approximate surface area is 137 Å². The fraction of sp³-hybridized carbons (Fsp3) is 0.429. The van der Waals surface area contributed by atoms with Gasteiger partial charge >= 0.3 is 11.9 Å². The van der Waals surface area contributed by atoms with Gasteiger partial charge in [-0.15, -0.1) is 0 Å². The van der Waals surface area contributed by atoms with Crippen LogP contribution in [0.3, 0.4) is 0 Å². The minimum Gasteiger partial charge on any atom is -0.497 e. The fourth-order valence-electron chi connectivity index (χ4n) is 2.16. The molecule has 8 nitrogen and oxygen atoms in total. The molecule has 0 saturated carbocycles. The lowest BCUT2D eigenvalue weighted by Gasteiger charge is -2.21. The van der Waals surface area contributed by atoms with Crippen molar-refractivity contribution in [2.45, 2.75) is 5.92 Å². The van der Waals surface area contributed by atoms with Crippen LogP contribution in [0.15, 0.2) is 18.2 Å². The van der Waals surface area contributed by atoms with Gasteiger partial charge in [-0.25, -0.2) is 0 Å². The van der Waals surface area contributed by atoms with E-state index in [-0.39, 0.29) is 10.6 Å². The number of hydrogen-bond donors (Lipinski definition) is 0. The Kier molecular flexibility index (Phi) is 6.77. The summed E-state index contributed by atoms with van der Waals surface area (Å²) in [4.78, 5) is 34.2. The highest BCUT2D eigenvalue weighted by Crippen LogP contribution is 2.34. The molecular weight excluding hydrogens is 330 g/mol. The zero-order valence-electron chi connectivity index (χ0n) is 12.8. The highest BCUT2D eigenvalue weighted by atomic mass is 35.5. The molecule has 0 saturated heterocycles. The van der Waals surface area contributed by atoms with Crippen molar-refractivity contribution in [1.82, 2.24) is 0 Å². The van der Waals surface area contributed by atoms with Crippen LogP contribution in [0.25, 0.3) is 0 Å². The zero-order chi connectivity index (χ0) is 17.6. The van der Waals surface area contributed by atoms with Crippen LogP contribution in [0.5, 0.6) is 5.75 Å². The molecule has 0 bridgehead atoms. The molecule has 0 aliphatic rings. The molecule has 0 N–H and O–H groups in total. The van der Waals surface area contributed by atoms with Crippen LogP contribution in [-0.4, -0.2) is 44.7 Å². The van der Waals surface area contributed by atoms with Gasteiger partial charge < -0.3 is 14.2 Å². The molecule has 1 unspecified atom stereocenters. The summed E-state index contributed by atoms with van der Waals surface area (Å²) < 4.78 is 14.2. The van der Waals surface area contributed by atoms with E-state index in [1.165, 1.54) is 25.3 Å². The van der Waals surface area contributed by atoms with Crippen molar-refractivity contribution < 1.29 is 28.7 Å². The lowest BCUT2D eigenvalue weighted by atomic mass is 9.85. The molecule has 0 fully saturated rings. The first-order chi connectivity index (χ1) is 10.8. The highest BCUT2D eigenvalue weighted by Gasteiger charge is 2.41. The normalized spacial score (nSPS) is 11.7. The van der Waals surface area contributed by atoms with Crippen LogP contribution < -0.4 is 4.74 Å². The van der Waals surface area contributed by atoms with Crippen molar-refractivity contribution in [2.75, 3.05) is 27.9 Å². The van der Waals surface area contributed by atoms with Crippen LogP contribution in [-0.2, 0) is 19.1 Å². The second-order valence-corrected chi connectivity index (χ2v) is 4.94. The van der Waals surface area contributed by atoms with E-state index in [0.29, 0.717) is 5.75 Å². The molecule has 1 atom stereocenters. The number of nitro groups is 1. The van der Waals surface area contributed by atoms with E-state index in [1.54, 1.807) is 0 Å². The van der Waals surface area contributed by atoms with Gasteiger partial charge in [0.15, 0.2) is 5.92 Å². The molecule has 1 rings (SSSR count). The average molecular weight is 346 g/mol. The van der Waals surface area contributed by atoms with E-state index in [4.69, 9.17) is 16.3 Å². The number of rotatable bonds is 7. The first-order valence-electron chi connectivity index (χ1n) is 6.46. The number of nitrogens with zero attached hydrogens (tertiary/aromatic N) is 1. The van der Waals surface area contributed by atoms with Gasteiger partial charge in [0.05, 0.1) is 27.2 Å². The van der Waals surface area contributed by atoms with E-state index in [1.807, 2.05) is 0 Å². The molecule has 0 aromatic heterocycles. The van der Waals surface area contributed by atoms with Crippen LogP contribution >= 0.6 is 11.6 Å². The largest absolute Gasteiger partial charge is 0.497 e. The molecule has 1 aromatic rings. The van der Waals surface area contributed by atoms with Gasteiger partial charge in [-0.2, -0.15) is 0 Å². The lowest BCUT2D eigenvalue weighted by molar-refractivity contribution is -0.484. The van der Waals surface area contributed by atoms with Crippen molar-refractivity contribution >= 4 is 23.5 Å². The van der Waals surface area contributed by atoms with Gasteiger partial charge in [-0.05, 0) is 17.7 Å². The molecule has 23 heavy (non-hydrogen) atoms. The SMILES string of the molecule is COC(=O)C(C(=O)OC)C(C[N+](=O)[O-])c1ccc(OC)cc1Cl. The Balaban J connectivity index is 3.39. The van der Waals surface area contributed by atoms with Gasteiger partial charge in [0, 0.05) is 9.95 Å². The van der Waals surface area contributed by atoms with Crippen molar-refractivity contribution in [3.63, 3.8) is 0 Å². The Bertz CT molecular complexity index is 589. The van der Waals surface area contributed by atoms with Gasteiger partial charge in [0.1, 0.15) is 5.75 Å². The summed E-state index contributed by atoms with van der Waals surface area (Å²) in [6, 6.07) is 4.43. The van der Waals surface area contributed by atoms with Crippen LogP contribution in [0.1, 0.15) is 11.5 Å². The molecular formula is C14H16ClNO7. The number of ether oxygens (including phenoxy) is 3. The molecule has 126 valence electrons. The average Bonchev–Trinajstić information content (AvgIpc) is 2.53. The molecule has 9 heteroatoms. The Morgan fingerprint density at radius 2 is 1.78 bits per heavy atom. The van der Waals surface area contributed by atoms with Gasteiger partial charge in [0.2, 0.25) is 6.54 Å². The van der Waals surface area contributed by atoms with Crippen molar-refractivity contribution in [2.24, 2.45) is 5.92 Å². The monoisotopic (exact) mass is 345 g/mol. The minimum atomic E-state index is -1.50. The molecule has 0 aliphatic heterocycles. The molecule has 0 aliphatic carbocycles. The standard InChI is InChI=1S/C14H16ClNO7/c1-21-8-4-5-9(11(15)6-8)10(7-16(19)20)12(13(17)22-2)14(18)23-3/h4-6,10,12H,7H2,1-3H3. The Morgan fingerprint density at radius 3 is 2.17 bits per heavy atom. The number of carbonyl (C=O) groups excluding carboxylic acids is 2. The first kappa shape index (κ1) is 18.7. The van der Waals surface area contributed by atoms with Gasteiger partial charge in [0.25, 0.3) is 0 Å². The van der Waals surface area contributed by atoms with E-state index in [9.17, 15) is 19.7 Å². The summed E-state index contributed by atoms with van der Waals surface area (Å²) in [6.45, 7) is -0.694. The fourth-order valence-corrected chi connectivity index (χ4v) is 2.47. The molecule has 1 aromatic carbocycles. The summed E-state index contributed by atoms with van der Waals surface area (Å²) >= 11 is 6.12. The van der Waals surface area contributed by atoms with Crippen LogP contribution in [0.4, 0.5) is 0 Å². The van der Waals surface area contributed by atoms with Crippen molar-refractivity contribution in [1.29, 1.82) is 0 Å². The van der Waals surface area contributed by atoms with Crippen LogP contribution in [0, 0.1) is 16.0 Å². The summed E-state index contributed by atoms with van der Waals surface area (Å²) in [7, 11) is 3.60. The third-order valence-electron chi connectivity index (χ3n) is 3.27. The lowest BCUT2D eigenvalue weighted by Crippen LogP contribution is -2.35. The van der Waals surface area contributed by atoms with Crippen molar-refractivity contribution in [3.8, 4) is 5.75 Å². The predicted octanol–water partition coefficient (Wildman–Crippen LogP) is 1.67. The molecule has 0 radical (unpaired) electrons. The quantitative estimate of drug-likeness (QED) is 0.320. The van der Waals surface area contributed by atoms with E-state index in [2.05, 4.69) is 9.47 Å². The molecule has 0 spiro atoms. The summed E-state index contributed by atoms with van der Waals surface area (Å²) in [5, 5.41) is 11.1. The zero-order valence-corrected chi connectivity index (χ0v) is 13.5. The molecule has 0 amide bonds. The summed E-state index contributed by atoms with van der Waals surface area (Å²) in [6.07, 6.45) is 0.